The third kappa shape index (κ3) is 1.79. The molecule has 0 spiro atoms. The fraction of sp³-hybridized carbons (Fsp3) is 0.400. The van der Waals surface area contributed by atoms with Crippen LogP contribution in [-0.4, -0.2) is 12.9 Å². The first-order valence-corrected chi connectivity index (χ1v) is 2.27. The molecule has 0 aromatic rings. The van der Waals surface area contributed by atoms with Gasteiger partial charge in [0.2, 0.25) is 0 Å². The SMILES string of the molecule is CN=C(N)C(C#N)C#N. The fourth-order valence-electron chi connectivity index (χ4n) is 0.290. The Morgan fingerprint density at radius 2 is 2.00 bits per heavy atom. The van der Waals surface area contributed by atoms with Crippen molar-refractivity contribution in [1.29, 1.82) is 10.5 Å². The van der Waals surface area contributed by atoms with Crippen molar-refractivity contribution < 1.29 is 0 Å². The van der Waals surface area contributed by atoms with Crippen LogP contribution in [0, 0.1) is 28.6 Å². The normalized spacial score (nSPS) is 10.4. The van der Waals surface area contributed by atoms with Crippen LogP contribution in [-0.2, 0) is 0 Å². The van der Waals surface area contributed by atoms with Crippen molar-refractivity contribution in [3.63, 3.8) is 0 Å². The largest absolute Gasteiger partial charge is 0.385 e. The first-order chi connectivity index (χ1) is 4.26. The molecule has 46 valence electrons. The molecule has 0 bridgehead atoms. The molecule has 0 aliphatic carbocycles. The number of amidine groups is 1. The molecular weight excluding hydrogens is 116 g/mol. The minimum absolute atomic E-state index is 0.0694. The molecule has 0 fully saturated rings. The van der Waals surface area contributed by atoms with E-state index in [9.17, 15) is 0 Å². The van der Waals surface area contributed by atoms with Gasteiger partial charge in [0.1, 0.15) is 5.84 Å². The monoisotopic (exact) mass is 122 g/mol. The summed E-state index contributed by atoms with van der Waals surface area (Å²) in [4.78, 5) is 3.48. The van der Waals surface area contributed by atoms with Gasteiger partial charge in [-0.15, -0.1) is 0 Å². The van der Waals surface area contributed by atoms with Crippen LogP contribution >= 0.6 is 0 Å². The molecule has 0 saturated carbocycles. The molecule has 0 aliphatic heterocycles. The molecule has 0 radical (unpaired) electrons. The van der Waals surface area contributed by atoms with Gasteiger partial charge in [0.15, 0.2) is 5.92 Å². The Hall–Kier alpha value is -1.55. The van der Waals surface area contributed by atoms with Crippen molar-refractivity contribution in [2.24, 2.45) is 16.6 Å². The second-order valence-electron chi connectivity index (χ2n) is 1.34. The highest BCUT2D eigenvalue weighted by atomic mass is 14.8. The summed E-state index contributed by atoms with van der Waals surface area (Å²) in [5.74, 6) is -0.824. The van der Waals surface area contributed by atoms with Crippen LogP contribution in [0.4, 0.5) is 0 Å². The maximum atomic E-state index is 8.19. The predicted octanol–water partition coefficient (Wildman–Crippen LogP) is -0.363. The number of nitrogens with zero attached hydrogens (tertiary/aromatic N) is 3. The Morgan fingerprint density at radius 1 is 1.56 bits per heavy atom. The van der Waals surface area contributed by atoms with Crippen molar-refractivity contribution in [2.75, 3.05) is 7.05 Å². The quantitative estimate of drug-likeness (QED) is 0.380. The zero-order valence-corrected chi connectivity index (χ0v) is 5.00. The summed E-state index contributed by atoms with van der Waals surface area (Å²) in [7, 11) is 1.44. The lowest BCUT2D eigenvalue weighted by atomic mass is 10.2. The Balaban J connectivity index is 4.22. The number of hydrogen-bond acceptors (Lipinski definition) is 3. The van der Waals surface area contributed by atoms with Crippen molar-refractivity contribution in [2.45, 2.75) is 0 Å². The summed E-state index contributed by atoms with van der Waals surface area (Å²) in [5, 5.41) is 16.4. The van der Waals surface area contributed by atoms with E-state index in [1.807, 2.05) is 0 Å². The second-order valence-corrected chi connectivity index (χ2v) is 1.34. The maximum Gasteiger partial charge on any atom is 0.189 e. The van der Waals surface area contributed by atoms with Crippen molar-refractivity contribution in [3.8, 4) is 12.1 Å². The Labute approximate surface area is 53.2 Å². The summed E-state index contributed by atoms with van der Waals surface area (Å²) in [6.07, 6.45) is 0. The smallest absolute Gasteiger partial charge is 0.189 e. The van der Waals surface area contributed by atoms with Crippen LogP contribution in [0.5, 0.6) is 0 Å². The number of aliphatic imine (C=N–C) groups is 1. The van der Waals surface area contributed by atoms with Gasteiger partial charge in [0.25, 0.3) is 0 Å². The maximum absolute atomic E-state index is 8.19. The molecule has 0 saturated heterocycles. The number of nitriles is 2. The molecule has 4 nitrogen and oxygen atoms in total. The number of nitrogens with two attached hydrogens (primary N) is 1. The third-order valence-electron chi connectivity index (χ3n) is 0.812. The minimum Gasteiger partial charge on any atom is -0.385 e. The van der Waals surface area contributed by atoms with Crippen LogP contribution in [0.3, 0.4) is 0 Å². The first-order valence-electron chi connectivity index (χ1n) is 2.27. The standard InChI is InChI=1S/C5H6N4/c1-9-5(8)4(2-6)3-7/h4H,1H3,(H2,8,9). The van der Waals surface area contributed by atoms with Crippen molar-refractivity contribution >= 4 is 5.84 Å². The predicted molar refractivity (Wildman–Crippen MR) is 32.3 cm³/mol. The van der Waals surface area contributed by atoms with Gasteiger partial charge in [0, 0.05) is 7.05 Å². The van der Waals surface area contributed by atoms with Gasteiger partial charge in [-0.3, -0.25) is 4.99 Å². The highest BCUT2D eigenvalue weighted by Crippen LogP contribution is 1.89. The van der Waals surface area contributed by atoms with E-state index in [4.69, 9.17) is 16.3 Å². The van der Waals surface area contributed by atoms with E-state index in [0.717, 1.165) is 0 Å². The number of hydrogen-bond donors (Lipinski definition) is 1. The lowest BCUT2D eigenvalue weighted by molar-refractivity contribution is 1.11. The highest BCUT2D eigenvalue weighted by Gasteiger charge is 2.07. The van der Waals surface area contributed by atoms with Gasteiger partial charge >= 0.3 is 0 Å². The zero-order valence-electron chi connectivity index (χ0n) is 5.00. The van der Waals surface area contributed by atoms with Gasteiger partial charge in [-0.05, 0) is 0 Å². The number of rotatable bonds is 1. The van der Waals surface area contributed by atoms with Gasteiger partial charge < -0.3 is 5.73 Å². The van der Waals surface area contributed by atoms with E-state index in [2.05, 4.69) is 4.99 Å². The van der Waals surface area contributed by atoms with Gasteiger partial charge in [-0.1, -0.05) is 0 Å². The van der Waals surface area contributed by atoms with Crippen molar-refractivity contribution in [1.82, 2.24) is 0 Å². The Kier molecular flexibility index (Phi) is 2.86. The molecule has 0 aromatic carbocycles. The topological polar surface area (TPSA) is 86.0 Å². The van der Waals surface area contributed by atoms with E-state index in [1.165, 1.54) is 7.05 Å². The molecule has 0 atom stereocenters. The van der Waals surface area contributed by atoms with Gasteiger partial charge in [0.05, 0.1) is 12.1 Å². The average molecular weight is 122 g/mol. The molecule has 4 heteroatoms. The van der Waals surface area contributed by atoms with E-state index >= 15 is 0 Å². The highest BCUT2D eigenvalue weighted by molar-refractivity contribution is 5.87. The summed E-state index contributed by atoms with van der Waals surface area (Å²) >= 11 is 0. The van der Waals surface area contributed by atoms with Crippen molar-refractivity contribution in [3.05, 3.63) is 0 Å². The van der Waals surface area contributed by atoms with Crippen LogP contribution in [0.25, 0.3) is 0 Å². The molecule has 0 amide bonds. The van der Waals surface area contributed by atoms with Gasteiger partial charge in [-0.25, -0.2) is 0 Å². The third-order valence-corrected chi connectivity index (χ3v) is 0.812. The van der Waals surface area contributed by atoms with Crippen LogP contribution in [0.2, 0.25) is 0 Å². The van der Waals surface area contributed by atoms with E-state index in [0.29, 0.717) is 0 Å². The van der Waals surface area contributed by atoms with E-state index < -0.39 is 5.92 Å². The lowest BCUT2D eigenvalue weighted by Gasteiger charge is -1.93. The molecule has 0 rings (SSSR count). The van der Waals surface area contributed by atoms with E-state index in [-0.39, 0.29) is 5.84 Å². The lowest BCUT2D eigenvalue weighted by Crippen LogP contribution is -2.20. The average Bonchev–Trinajstić information content (AvgIpc) is 1.90. The molecule has 0 unspecified atom stereocenters. The Morgan fingerprint density at radius 3 is 2.11 bits per heavy atom. The molecule has 0 aliphatic rings. The summed E-state index contributed by atoms with van der Waals surface area (Å²) in [5.41, 5.74) is 5.14. The van der Waals surface area contributed by atoms with E-state index in [1.54, 1.807) is 12.1 Å². The molecule has 0 heterocycles. The fourth-order valence-corrected chi connectivity index (χ4v) is 0.290. The molecule has 0 aromatic heterocycles. The molecule has 9 heavy (non-hydrogen) atoms. The van der Waals surface area contributed by atoms with Gasteiger partial charge in [-0.2, -0.15) is 10.5 Å². The summed E-state index contributed by atoms with van der Waals surface area (Å²) in [6, 6.07) is 3.37. The van der Waals surface area contributed by atoms with Crippen LogP contribution in [0.15, 0.2) is 4.99 Å². The van der Waals surface area contributed by atoms with Crippen LogP contribution in [0.1, 0.15) is 0 Å². The Bertz CT molecular complexity index is 178. The summed E-state index contributed by atoms with van der Waals surface area (Å²) < 4.78 is 0. The summed E-state index contributed by atoms with van der Waals surface area (Å²) in [6.45, 7) is 0. The molecular formula is C5H6N4. The first kappa shape index (κ1) is 7.45. The van der Waals surface area contributed by atoms with Crippen LogP contribution < -0.4 is 5.73 Å². The minimum atomic E-state index is -0.894. The molecule has 2 N–H and O–H groups in total. The zero-order chi connectivity index (χ0) is 7.28. The second kappa shape index (κ2) is 3.45.